The Kier molecular flexibility index (Phi) is 7.04. The number of hydrogen-bond acceptors (Lipinski definition) is 6. The molecular weight excluding hydrogens is 468 g/mol. The van der Waals surface area contributed by atoms with E-state index in [0.717, 1.165) is 54.0 Å². The molecule has 0 saturated heterocycles. The highest BCUT2D eigenvalue weighted by Crippen LogP contribution is 2.32. The number of rotatable bonds is 8. The summed E-state index contributed by atoms with van der Waals surface area (Å²) in [5.41, 5.74) is 3.22. The average Bonchev–Trinajstić information content (AvgIpc) is 3.56. The van der Waals surface area contributed by atoms with Gasteiger partial charge >= 0.3 is 5.97 Å². The van der Waals surface area contributed by atoms with Crippen LogP contribution in [0.5, 0.6) is 0 Å². The predicted octanol–water partition coefficient (Wildman–Crippen LogP) is 6.71. The van der Waals surface area contributed by atoms with Crippen molar-refractivity contribution in [3.05, 3.63) is 71.7 Å². The van der Waals surface area contributed by atoms with Gasteiger partial charge in [-0.1, -0.05) is 37.3 Å². The number of aryl methyl sites for hydroxylation is 1. The van der Waals surface area contributed by atoms with Gasteiger partial charge in [-0.2, -0.15) is 0 Å². The summed E-state index contributed by atoms with van der Waals surface area (Å²) in [6.45, 7) is 4.08. The van der Waals surface area contributed by atoms with Crippen LogP contribution in [-0.4, -0.2) is 27.8 Å². The van der Waals surface area contributed by atoms with Crippen LogP contribution in [-0.2, 0) is 16.2 Å². The fourth-order valence-electron chi connectivity index (χ4n) is 5.40. The van der Waals surface area contributed by atoms with Crippen LogP contribution in [0.1, 0.15) is 78.8 Å². The highest BCUT2D eigenvalue weighted by molar-refractivity contribution is 6.46. The fraction of sp³-hybridized carbons (Fsp3) is 0.333. The summed E-state index contributed by atoms with van der Waals surface area (Å²) >= 11 is 0. The molecule has 2 aromatic heterocycles. The molecule has 0 radical (unpaired) electrons. The second kappa shape index (κ2) is 10.5. The molecule has 2 heterocycles. The van der Waals surface area contributed by atoms with Crippen LogP contribution in [0.25, 0.3) is 21.8 Å². The number of ketones is 2. The van der Waals surface area contributed by atoms with E-state index in [4.69, 9.17) is 9.25 Å². The lowest BCUT2D eigenvalue weighted by atomic mass is 9.84. The smallest absolute Gasteiger partial charge is 0.331 e. The number of aromatic nitrogens is 1. The minimum atomic E-state index is -0.552. The van der Waals surface area contributed by atoms with Crippen molar-refractivity contribution in [1.82, 2.24) is 4.57 Å². The lowest BCUT2D eigenvalue weighted by molar-refractivity contribution is -0.140. The summed E-state index contributed by atoms with van der Waals surface area (Å²) in [6.07, 6.45) is 7.55. The van der Waals surface area contributed by atoms with Crippen molar-refractivity contribution in [3.63, 3.8) is 0 Å². The molecule has 2 aromatic carbocycles. The molecule has 1 saturated carbocycles. The second-order valence-electron chi connectivity index (χ2n) is 9.67. The minimum Gasteiger partial charge on any atom is -0.461 e. The SMILES string of the molecule is CCn1c2ccc(C(=O)/C(CC3CCCCC3)=N/OC(C)=O)cc2c2cc(C(=O)c3ccco3)ccc21. The van der Waals surface area contributed by atoms with Gasteiger partial charge in [0.25, 0.3) is 0 Å². The number of hydrogen-bond donors (Lipinski definition) is 0. The van der Waals surface area contributed by atoms with Crippen molar-refractivity contribution < 1.29 is 23.6 Å². The third-order valence-corrected chi connectivity index (χ3v) is 7.20. The van der Waals surface area contributed by atoms with Crippen molar-refractivity contribution in [2.75, 3.05) is 0 Å². The molecule has 0 unspecified atom stereocenters. The lowest BCUT2D eigenvalue weighted by Gasteiger charge is -2.21. The molecule has 1 aliphatic rings. The first-order valence-corrected chi connectivity index (χ1v) is 12.9. The van der Waals surface area contributed by atoms with Crippen molar-refractivity contribution in [2.45, 2.75) is 58.9 Å². The average molecular weight is 499 g/mol. The van der Waals surface area contributed by atoms with E-state index in [9.17, 15) is 14.4 Å². The van der Waals surface area contributed by atoms with E-state index in [1.807, 2.05) is 24.3 Å². The van der Waals surface area contributed by atoms with Crippen LogP contribution in [0.3, 0.4) is 0 Å². The Bertz CT molecular complexity index is 1500. The molecule has 4 aromatic rings. The zero-order valence-electron chi connectivity index (χ0n) is 21.2. The summed E-state index contributed by atoms with van der Waals surface area (Å²) < 4.78 is 7.47. The first-order valence-electron chi connectivity index (χ1n) is 12.9. The standard InChI is InChI=1S/C30H30N2O5/c1-3-32-26-13-11-21(29(34)25(31-37-19(2)33)16-20-8-5-4-6-9-20)17-23(26)24-18-22(12-14-27(24)32)30(35)28-10-7-15-36-28/h7,10-15,17-18,20H,3-6,8-9,16H2,1-2H3/b31-25+. The highest BCUT2D eigenvalue weighted by Gasteiger charge is 2.24. The topological polar surface area (TPSA) is 90.9 Å². The predicted molar refractivity (Wildman–Crippen MR) is 142 cm³/mol. The van der Waals surface area contributed by atoms with Gasteiger partial charge in [0.2, 0.25) is 11.6 Å². The first-order chi connectivity index (χ1) is 18.0. The summed E-state index contributed by atoms with van der Waals surface area (Å²) in [4.78, 5) is 42.9. The molecule has 7 heteroatoms. The molecule has 0 atom stereocenters. The van der Waals surface area contributed by atoms with Crippen molar-refractivity contribution in [2.24, 2.45) is 11.1 Å². The Morgan fingerprint density at radius 2 is 1.65 bits per heavy atom. The molecular formula is C30H30N2O5. The van der Waals surface area contributed by atoms with Gasteiger partial charge in [0.15, 0.2) is 5.76 Å². The summed E-state index contributed by atoms with van der Waals surface area (Å²) in [7, 11) is 0. The van der Waals surface area contributed by atoms with Crippen molar-refractivity contribution in [3.8, 4) is 0 Å². The molecule has 0 aliphatic heterocycles. The summed E-state index contributed by atoms with van der Waals surface area (Å²) in [5, 5.41) is 5.74. The Hall–Kier alpha value is -4.00. The Morgan fingerprint density at radius 1 is 0.973 bits per heavy atom. The number of carbonyl (C=O) groups is 3. The van der Waals surface area contributed by atoms with E-state index in [1.165, 1.54) is 19.6 Å². The van der Waals surface area contributed by atoms with E-state index in [1.54, 1.807) is 24.3 Å². The second-order valence-corrected chi connectivity index (χ2v) is 9.67. The number of fused-ring (bicyclic) bond motifs is 3. The third-order valence-electron chi connectivity index (χ3n) is 7.20. The number of nitrogens with zero attached hydrogens (tertiary/aromatic N) is 2. The Labute approximate surface area is 215 Å². The molecule has 7 nitrogen and oxygen atoms in total. The van der Waals surface area contributed by atoms with Crippen LogP contribution >= 0.6 is 0 Å². The van der Waals surface area contributed by atoms with Gasteiger partial charge in [0.05, 0.1) is 6.26 Å². The largest absolute Gasteiger partial charge is 0.461 e. The summed E-state index contributed by atoms with van der Waals surface area (Å²) in [5.74, 6) is -0.352. The maximum absolute atomic E-state index is 13.6. The van der Waals surface area contributed by atoms with Crippen LogP contribution in [0.15, 0.2) is 64.4 Å². The molecule has 0 bridgehead atoms. The van der Waals surface area contributed by atoms with E-state index < -0.39 is 5.97 Å². The van der Waals surface area contributed by atoms with Gasteiger partial charge in [-0.15, -0.1) is 0 Å². The molecule has 1 aliphatic carbocycles. The molecule has 190 valence electrons. The van der Waals surface area contributed by atoms with Crippen LogP contribution in [0, 0.1) is 5.92 Å². The first kappa shape index (κ1) is 24.7. The highest BCUT2D eigenvalue weighted by atomic mass is 16.7. The van der Waals surface area contributed by atoms with E-state index in [-0.39, 0.29) is 23.0 Å². The number of oxime groups is 1. The molecule has 0 spiro atoms. The quantitative estimate of drug-likeness (QED) is 0.117. The Balaban J connectivity index is 1.56. The maximum Gasteiger partial charge on any atom is 0.331 e. The third kappa shape index (κ3) is 4.99. The summed E-state index contributed by atoms with van der Waals surface area (Å²) in [6, 6.07) is 14.5. The molecule has 37 heavy (non-hydrogen) atoms. The number of furan rings is 1. The van der Waals surface area contributed by atoms with E-state index in [0.29, 0.717) is 23.5 Å². The normalized spacial score (nSPS) is 14.8. The molecule has 0 N–H and O–H groups in total. The minimum absolute atomic E-state index is 0.195. The maximum atomic E-state index is 13.6. The van der Waals surface area contributed by atoms with Gasteiger partial charge in [-0.3, -0.25) is 9.59 Å². The van der Waals surface area contributed by atoms with Gasteiger partial charge in [0, 0.05) is 46.4 Å². The van der Waals surface area contributed by atoms with Gasteiger partial charge in [-0.25, -0.2) is 4.79 Å². The van der Waals surface area contributed by atoms with E-state index >= 15 is 0 Å². The van der Waals surface area contributed by atoms with Crippen LogP contribution in [0.2, 0.25) is 0 Å². The van der Waals surface area contributed by atoms with Crippen molar-refractivity contribution >= 4 is 45.1 Å². The Morgan fingerprint density at radius 3 is 2.27 bits per heavy atom. The van der Waals surface area contributed by atoms with Gasteiger partial charge in [-0.05, 0) is 67.8 Å². The van der Waals surface area contributed by atoms with E-state index in [2.05, 4.69) is 16.6 Å². The molecule has 0 amide bonds. The zero-order valence-corrected chi connectivity index (χ0v) is 21.2. The van der Waals surface area contributed by atoms with Crippen molar-refractivity contribution in [1.29, 1.82) is 0 Å². The number of Topliss-reactive ketones (excluding diaryl/α,β-unsaturated/α-hetero) is 1. The van der Waals surface area contributed by atoms with Gasteiger partial charge in [0.1, 0.15) is 5.71 Å². The monoisotopic (exact) mass is 498 g/mol. The van der Waals surface area contributed by atoms with Crippen LogP contribution < -0.4 is 0 Å². The zero-order chi connectivity index (χ0) is 25.9. The van der Waals surface area contributed by atoms with Crippen LogP contribution in [0.4, 0.5) is 0 Å². The molecule has 5 rings (SSSR count). The lowest BCUT2D eigenvalue weighted by Crippen LogP contribution is -2.21. The molecule has 1 fully saturated rings. The van der Waals surface area contributed by atoms with Gasteiger partial charge < -0.3 is 13.8 Å². The fourth-order valence-corrected chi connectivity index (χ4v) is 5.40. The number of benzene rings is 2. The number of carbonyl (C=O) groups excluding carboxylic acids is 3.